The highest BCUT2D eigenvalue weighted by Crippen LogP contribution is 2.15. The highest BCUT2D eigenvalue weighted by molar-refractivity contribution is 5.80. The highest BCUT2D eigenvalue weighted by Gasteiger charge is 2.27. The van der Waals surface area contributed by atoms with Gasteiger partial charge in [0.25, 0.3) is 5.91 Å². The lowest BCUT2D eigenvalue weighted by Gasteiger charge is -2.35. The monoisotopic (exact) mass is 329 g/mol. The molecule has 2 aromatic rings. The summed E-state index contributed by atoms with van der Waals surface area (Å²) < 4.78 is 10.1. The number of nitrogens with zero attached hydrogens (tertiary/aromatic N) is 3. The molecule has 24 heavy (non-hydrogen) atoms. The Labute approximate surface area is 142 Å². The normalized spacial score (nSPS) is 16.0. The van der Waals surface area contributed by atoms with Gasteiger partial charge in [-0.05, 0) is 17.7 Å². The third kappa shape index (κ3) is 3.72. The van der Waals surface area contributed by atoms with Crippen molar-refractivity contribution in [2.24, 2.45) is 0 Å². The van der Waals surface area contributed by atoms with Crippen molar-refractivity contribution in [3.05, 3.63) is 42.1 Å². The van der Waals surface area contributed by atoms with Crippen LogP contribution in [0.4, 0.5) is 0 Å². The molecule has 0 spiro atoms. The molecule has 0 unspecified atom stereocenters. The fraction of sp³-hybridized carbons (Fsp3) is 0.444. The number of methoxy groups -OCH3 is 2. The molecule has 6 heteroatoms. The molecular weight excluding hydrogens is 306 g/mol. The summed E-state index contributed by atoms with van der Waals surface area (Å²) in [5.41, 5.74) is 2.21. The molecule has 0 atom stereocenters. The molecule has 0 radical (unpaired) electrons. The number of carbonyl (C=O) groups is 1. The average Bonchev–Trinajstić information content (AvgIpc) is 2.63. The minimum absolute atomic E-state index is 0.105. The summed E-state index contributed by atoms with van der Waals surface area (Å²) in [6, 6.07) is 10.3. The smallest absolute Gasteiger partial charge is 0.279 e. The van der Waals surface area contributed by atoms with Crippen molar-refractivity contribution in [1.82, 2.24) is 14.8 Å². The van der Waals surface area contributed by atoms with Crippen LogP contribution in [0.25, 0.3) is 10.9 Å². The highest BCUT2D eigenvalue weighted by atomic mass is 16.7. The minimum Gasteiger partial charge on any atom is -0.348 e. The van der Waals surface area contributed by atoms with Gasteiger partial charge in [-0.1, -0.05) is 18.2 Å². The molecule has 1 aliphatic heterocycles. The van der Waals surface area contributed by atoms with Gasteiger partial charge in [0, 0.05) is 58.5 Å². The van der Waals surface area contributed by atoms with E-state index in [1.54, 1.807) is 4.90 Å². The Morgan fingerprint density at radius 2 is 1.88 bits per heavy atom. The molecule has 1 aromatic heterocycles. The summed E-state index contributed by atoms with van der Waals surface area (Å²) in [5, 5.41) is 1.16. The summed E-state index contributed by atoms with van der Waals surface area (Å²) in [7, 11) is 2.96. The number of hydrogen-bond acceptors (Lipinski definition) is 5. The molecule has 1 fully saturated rings. The first-order chi connectivity index (χ1) is 11.7. The van der Waals surface area contributed by atoms with E-state index in [0.29, 0.717) is 13.1 Å². The van der Waals surface area contributed by atoms with Gasteiger partial charge in [-0.15, -0.1) is 0 Å². The largest absolute Gasteiger partial charge is 0.348 e. The van der Waals surface area contributed by atoms with Crippen LogP contribution in [0.15, 0.2) is 36.5 Å². The van der Waals surface area contributed by atoms with Gasteiger partial charge in [0.15, 0.2) is 0 Å². The van der Waals surface area contributed by atoms with Crippen molar-refractivity contribution < 1.29 is 14.3 Å². The van der Waals surface area contributed by atoms with Crippen LogP contribution in [0.2, 0.25) is 0 Å². The second-order valence-corrected chi connectivity index (χ2v) is 5.94. The first-order valence-electron chi connectivity index (χ1n) is 8.11. The summed E-state index contributed by atoms with van der Waals surface area (Å²) in [4.78, 5) is 20.9. The quantitative estimate of drug-likeness (QED) is 0.778. The number of aromatic nitrogens is 1. The summed E-state index contributed by atoms with van der Waals surface area (Å²) >= 11 is 0. The third-order valence-corrected chi connectivity index (χ3v) is 4.37. The van der Waals surface area contributed by atoms with Crippen molar-refractivity contribution in [3.8, 4) is 0 Å². The van der Waals surface area contributed by atoms with Crippen LogP contribution in [0.3, 0.4) is 0 Å². The maximum Gasteiger partial charge on any atom is 0.279 e. The lowest BCUT2D eigenvalue weighted by Crippen LogP contribution is -2.51. The first-order valence-corrected chi connectivity index (χ1v) is 8.11. The molecule has 6 nitrogen and oxygen atoms in total. The van der Waals surface area contributed by atoms with Crippen molar-refractivity contribution in [3.63, 3.8) is 0 Å². The van der Waals surface area contributed by atoms with E-state index in [2.05, 4.69) is 22.0 Å². The number of ether oxygens (including phenoxy) is 2. The van der Waals surface area contributed by atoms with E-state index in [4.69, 9.17) is 9.47 Å². The number of piperazine rings is 1. The van der Waals surface area contributed by atoms with E-state index >= 15 is 0 Å². The Morgan fingerprint density at radius 1 is 1.17 bits per heavy atom. The number of carbonyl (C=O) groups excluding carboxylic acids is 1. The van der Waals surface area contributed by atoms with Crippen LogP contribution in [0, 0.1) is 0 Å². The van der Waals surface area contributed by atoms with E-state index in [1.807, 2.05) is 24.4 Å². The lowest BCUT2D eigenvalue weighted by molar-refractivity contribution is -0.171. The average molecular weight is 329 g/mol. The second-order valence-electron chi connectivity index (χ2n) is 5.94. The molecule has 2 heterocycles. The SMILES string of the molecule is COC(OC)C(=O)N1CCN(Cc2cnc3ccccc3c2)CC1. The molecule has 1 amide bonds. The predicted octanol–water partition coefficient (Wildman–Crippen LogP) is 1.50. The number of pyridine rings is 1. The summed E-state index contributed by atoms with van der Waals surface area (Å²) in [6.07, 6.45) is 1.13. The van der Waals surface area contributed by atoms with Crippen molar-refractivity contribution in [1.29, 1.82) is 0 Å². The number of para-hydroxylation sites is 1. The molecule has 0 bridgehead atoms. The lowest BCUT2D eigenvalue weighted by atomic mass is 10.1. The van der Waals surface area contributed by atoms with Gasteiger partial charge in [-0.2, -0.15) is 0 Å². The minimum atomic E-state index is -0.804. The van der Waals surface area contributed by atoms with Crippen LogP contribution in [0.1, 0.15) is 5.56 Å². The maximum absolute atomic E-state index is 12.2. The predicted molar refractivity (Wildman–Crippen MR) is 91.4 cm³/mol. The van der Waals surface area contributed by atoms with Gasteiger partial charge in [0.1, 0.15) is 0 Å². The topological polar surface area (TPSA) is 54.9 Å². The number of rotatable bonds is 5. The molecule has 0 saturated carbocycles. The Hall–Kier alpha value is -2.02. The Morgan fingerprint density at radius 3 is 2.58 bits per heavy atom. The fourth-order valence-electron chi connectivity index (χ4n) is 3.03. The first kappa shape index (κ1) is 16.8. The number of hydrogen-bond donors (Lipinski definition) is 0. The molecule has 1 aliphatic rings. The molecule has 3 rings (SSSR count). The van der Waals surface area contributed by atoms with Gasteiger partial charge >= 0.3 is 0 Å². The standard InChI is InChI=1S/C18H23N3O3/c1-23-18(24-2)17(22)21-9-7-20(8-10-21)13-14-11-15-5-3-4-6-16(15)19-12-14/h3-6,11-12,18H,7-10,13H2,1-2H3. The molecule has 1 aromatic carbocycles. The van der Waals surface area contributed by atoms with Gasteiger partial charge in [0.05, 0.1) is 5.52 Å². The van der Waals surface area contributed by atoms with Crippen molar-refractivity contribution in [2.45, 2.75) is 12.8 Å². The number of fused-ring (bicyclic) bond motifs is 1. The van der Waals surface area contributed by atoms with E-state index < -0.39 is 6.29 Å². The van der Waals surface area contributed by atoms with E-state index in [9.17, 15) is 4.79 Å². The number of benzene rings is 1. The summed E-state index contributed by atoms with van der Waals surface area (Å²) in [6.45, 7) is 3.88. The van der Waals surface area contributed by atoms with Crippen LogP contribution in [-0.2, 0) is 20.8 Å². The van der Waals surface area contributed by atoms with Crippen LogP contribution < -0.4 is 0 Å². The van der Waals surface area contributed by atoms with Crippen LogP contribution in [0.5, 0.6) is 0 Å². The summed E-state index contributed by atoms with van der Waals surface area (Å²) in [5.74, 6) is -0.105. The van der Waals surface area contributed by atoms with Gasteiger partial charge in [-0.3, -0.25) is 14.7 Å². The molecule has 0 N–H and O–H groups in total. The van der Waals surface area contributed by atoms with Crippen LogP contribution in [-0.4, -0.2) is 67.4 Å². The van der Waals surface area contributed by atoms with E-state index in [1.165, 1.54) is 19.8 Å². The zero-order valence-electron chi connectivity index (χ0n) is 14.1. The Kier molecular flexibility index (Phi) is 5.40. The van der Waals surface area contributed by atoms with Crippen LogP contribution >= 0.6 is 0 Å². The van der Waals surface area contributed by atoms with Crippen molar-refractivity contribution >= 4 is 16.8 Å². The Bertz CT molecular complexity index is 695. The van der Waals surface area contributed by atoms with E-state index in [0.717, 1.165) is 30.5 Å². The van der Waals surface area contributed by atoms with Gasteiger partial charge < -0.3 is 14.4 Å². The molecule has 128 valence electrons. The molecule has 1 saturated heterocycles. The Balaban J connectivity index is 1.57. The van der Waals surface area contributed by atoms with Gasteiger partial charge in [-0.25, -0.2) is 0 Å². The third-order valence-electron chi connectivity index (χ3n) is 4.37. The maximum atomic E-state index is 12.2. The van der Waals surface area contributed by atoms with Crippen molar-refractivity contribution in [2.75, 3.05) is 40.4 Å². The second kappa shape index (κ2) is 7.70. The number of amides is 1. The zero-order valence-corrected chi connectivity index (χ0v) is 14.1. The molecule has 0 aliphatic carbocycles. The zero-order chi connectivity index (χ0) is 16.9. The fourth-order valence-corrected chi connectivity index (χ4v) is 3.03. The van der Waals surface area contributed by atoms with E-state index in [-0.39, 0.29) is 5.91 Å². The molecular formula is C18H23N3O3. The van der Waals surface area contributed by atoms with Gasteiger partial charge in [0.2, 0.25) is 6.29 Å².